The number of rotatable bonds is 10. The molecule has 1 aliphatic heterocycles. The van der Waals surface area contributed by atoms with Crippen molar-refractivity contribution >= 4 is 23.9 Å². The zero-order valence-electron chi connectivity index (χ0n) is 32.4. The van der Waals surface area contributed by atoms with Gasteiger partial charge in [0.25, 0.3) is 0 Å². The van der Waals surface area contributed by atoms with Crippen molar-refractivity contribution in [2.45, 2.75) is 150 Å². The first-order chi connectivity index (χ1) is 24.3. The number of hydrogen-bond donors (Lipinski definition) is 2. The Kier molecular flexibility index (Phi) is 11.9. The van der Waals surface area contributed by atoms with Crippen molar-refractivity contribution in [2.75, 3.05) is 6.61 Å². The van der Waals surface area contributed by atoms with E-state index in [1.165, 1.54) is 20.8 Å². The van der Waals surface area contributed by atoms with Gasteiger partial charge in [0.05, 0.1) is 12.2 Å². The Labute approximate surface area is 308 Å². The van der Waals surface area contributed by atoms with E-state index in [2.05, 4.69) is 27.7 Å². The molecule has 0 bridgehead atoms. The minimum Gasteiger partial charge on any atom is -0.478 e. The highest BCUT2D eigenvalue weighted by molar-refractivity contribution is 5.88. The molecule has 1 heterocycles. The lowest BCUT2D eigenvalue weighted by Crippen LogP contribution is -2.65. The molecule has 2 N–H and O–H groups in total. The summed E-state index contributed by atoms with van der Waals surface area (Å²) in [6, 6.07) is 0. The fourth-order valence-corrected chi connectivity index (χ4v) is 11.5. The van der Waals surface area contributed by atoms with Crippen molar-refractivity contribution in [2.24, 2.45) is 39.9 Å². The molecular weight excluding hydrogens is 668 g/mol. The normalized spacial score (nSPS) is 41.8. The number of carboxylic acid groups (broad SMARTS) is 1. The maximum atomic E-state index is 12.9. The number of allylic oxidation sites excluding steroid dienone is 2. The molecule has 2 unspecified atom stereocenters. The van der Waals surface area contributed by atoms with E-state index in [-0.39, 0.29) is 47.2 Å². The minimum absolute atomic E-state index is 0.0527. The first kappa shape index (κ1) is 40.2. The molecule has 4 saturated carbocycles. The molecule has 52 heavy (non-hydrogen) atoms. The van der Waals surface area contributed by atoms with Crippen molar-refractivity contribution in [1.29, 1.82) is 0 Å². The quantitative estimate of drug-likeness (QED) is 0.110. The lowest BCUT2D eigenvalue weighted by molar-refractivity contribution is -0.257. The first-order valence-electron chi connectivity index (χ1n) is 19.1. The highest BCUT2D eigenvalue weighted by atomic mass is 16.7. The maximum Gasteiger partial charge on any atom is 0.331 e. The van der Waals surface area contributed by atoms with Crippen LogP contribution in [0.1, 0.15) is 114 Å². The van der Waals surface area contributed by atoms with Crippen LogP contribution in [0.4, 0.5) is 0 Å². The van der Waals surface area contributed by atoms with E-state index in [0.717, 1.165) is 31.3 Å². The predicted octanol–water partition coefficient (Wildman–Crippen LogP) is 6.47. The SMILES string of the molecule is CC(=O)OC[C@H]1OC(O[C@@H]2CC[C@]3(C)C4[C@H](O)C[C@H]5/C(=C(/CCC=C(C)C)C(=O)O)[C@@H](OC(C)=O)C[C@]5(C)[C@@]4(C)CC[C@H]3[C@@H]2C)C=C[C@@H]1OC(C)=O. The van der Waals surface area contributed by atoms with Crippen molar-refractivity contribution in [3.05, 3.63) is 34.9 Å². The Balaban J connectivity index is 1.40. The van der Waals surface area contributed by atoms with Crippen LogP contribution in [0.25, 0.3) is 0 Å². The Morgan fingerprint density at radius 1 is 0.942 bits per heavy atom. The van der Waals surface area contributed by atoms with E-state index in [1.54, 1.807) is 12.2 Å². The number of carboxylic acids is 1. The number of fused-ring (bicyclic) bond motifs is 5. The predicted molar refractivity (Wildman–Crippen MR) is 191 cm³/mol. The lowest BCUT2D eigenvalue weighted by atomic mass is 9.36. The third-order valence-corrected chi connectivity index (χ3v) is 13.7. The van der Waals surface area contributed by atoms with Crippen molar-refractivity contribution in [3.8, 4) is 0 Å². The van der Waals surface area contributed by atoms with Crippen molar-refractivity contribution < 1.29 is 53.1 Å². The second kappa shape index (κ2) is 15.4. The van der Waals surface area contributed by atoms with E-state index in [0.29, 0.717) is 36.8 Å². The van der Waals surface area contributed by atoms with Gasteiger partial charge in [-0.3, -0.25) is 14.4 Å². The molecule has 0 saturated heterocycles. The van der Waals surface area contributed by atoms with Gasteiger partial charge in [-0.05, 0) is 123 Å². The summed E-state index contributed by atoms with van der Waals surface area (Å²) in [5.41, 5.74) is 1.15. The van der Waals surface area contributed by atoms with Crippen LogP contribution in [0.5, 0.6) is 0 Å². The number of aliphatic hydroxyl groups excluding tert-OH is 1. The van der Waals surface area contributed by atoms with Crippen molar-refractivity contribution in [3.63, 3.8) is 0 Å². The van der Waals surface area contributed by atoms with Gasteiger partial charge in [-0.2, -0.15) is 0 Å². The average Bonchev–Trinajstić information content (AvgIpc) is 3.30. The Hall–Kier alpha value is -3.02. The van der Waals surface area contributed by atoms with Gasteiger partial charge in [0.2, 0.25) is 0 Å². The number of esters is 3. The molecule has 5 rings (SSSR count). The van der Waals surface area contributed by atoms with Gasteiger partial charge in [0, 0.05) is 26.3 Å². The van der Waals surface area contributed by atoms with Crippen molar-refractivity contribution in [1.82, 2.24) is 0 Å². The smallest absolute Gasteiger partial charge is 0.331 e. The highest BCUT2D eigenvalue weighted by Crippen LogP contribution is 2.74. The molecule has 0 aromatic carbocycles. The number of carbonyl (C=O) groups is 4. The van der Waals surface area contributed by atoms with E-state index in [9.17, 15) is 29.4 Å². The van der Waals surface area contributed by atoms with Gasteiger partial charge in [-0.25, -0.2) is 4.79 Å². The van der Waals surface area contributed by atoms with Crippen LogP contribution in [-0.2, 0) is 42.9 Å². The molecular formula is C41H60O11. The number of carbonyl (C=O) groups excluding carboxylic acids is 3. The summed E-state index contributed by atoms with van der Waals surface area (Å²) in [6.07, 6.45) is 7.16. The van der Waals surface area contributed by atoms with E-state index >= 15 is 0 Å². The second-order valence-corrected chi connectivity index (χ2v) is 17.1. The molecule has 4 fully saturated rings. The molecule has 13 atom stereocenters. The molecule has 4 aliphatic carbocycles. The zero-order chi connectivity index (χ0) is 38.3. The van der Waals surface area contributed by atoms with Crippen LogP contribution in [0.2, 0.25) is 0 Å². The van der Waals surface area contributed by atoms with Crippen LogP contribution in [0.3, 0.4) is 0 Å². The topological polar surface area (TPSA) is 155 Å². The van der Waals surface area contributed by atoms with Gasteiger partial charge in [-0.15, -0.1) is 0 Å². The summed E-state index contributed by atoms with van der Waals surface area (Å²) in [6.45, 7) is 17.0. The second-order valence-electron chi connectivity index (χ2n) is 17.1. The van der Waals surface area contributed by atoms with E-state index < -0.39 is 60.0 Å². The van der Waals surface area contributed by atoms with Gasteiger partial charge < -0.3 is 33.9 Å². The summed E-state index contributed by atoms with van der Waals surface area (Å²) in [5.74, 6) is -2.24. The monoisotopic (exact) mass is 728 g/mol. The number of hydrogen-bond acceptors (Lipinski definition) is 10. The third-order valence-electron chi connectivity index (χ3n) is 13.7. The Morgan fingerprint density at radius 3 is 2.25 bits per heavy atom. The van der Waals surface area contributed by atoms with Gasteiger partial charge in [0.15, 0.2) is 6.29 Å². The third kappa shape index (κ3) is 7.51. The number of aliphatic hydroxyl groups is 1. The molecule has 5 aliphatic rings. The largest absolute Gasteiger partial charge is 0.478 e. The van der Waals surface area contributed by atoms with Crippen LogP contribution >= 0.6 is 0 Å². The summed E-state index contributed by atoms with van der Waals surface area (Å²) in [7, 11) is 0. The van der Waals surface area contributed by atoms with Gasteiger partial charge >= 0.3 is 23.9 Å². The Bertz CT molecular complexity index is 1490. The minimum atomic E-state index is -0.987. The maximum absolute atomic E-state index is 12.9. The molecule has 0 amide bonds. The highest BCUT2D eigenvalue weighted by Gasteiger charge is 2.71. The molecule has 0 aromatic heterocycles. The number of ether oxygens (including phenoxy) is 5. The molecule has 0 spiro atoms. The molecule has 11 heteroatoms. The van der Waals surface area contributed by atoms with E-state index in [4.69, 9.17) is 23.7 Å². The lowest BCUT2D eigenvalue weighted by Gasteiger charge is -2.69. The Morgan fingerprint density at radius 2 is 1.63 bits per heavy atom. The molecule has 11 nitrogen and oxygen atoms in total. The summed E-state index contributed by atoms with van der Waals surface area (Å²) < 4.78 is 29.3. The van der Waals surface area contributed by atoms with Gasteiger partial charge in [-0.1, -0.05) is 39.3 Å². The number of aliphatic carboxylic acids is 1. The summed E-state index contributed by atoms with van der Waals surface area (Å²) >= 11 is 0. The molecule has 0 radical (unpaired) electrons. The molecule has 290 valence electrons. The van der Waals surface area contributed by atoms with Crippen LogP contribution in [0, 0.1) is 39.9 Å². The molecule has 0 aromatic rings. The first-order valence-corrected chi connectivity index (χ1v) is 19.1. The summed E-state index contributed by atoms with van der Waals surface area (Å²) in [4.78, 5) is 48.5. The zero-order valence-corrected chi connectivity index (χ0v) is 32.4. The standard InChI is InChI=1S/C41H60O11/c1-22(2)11-10-12-27(38(46)47)36-29-19-30(45)37-39(7)17-16-31(51-35-14-13-32(49-25(5)43)34(52-35)21-48-24(4)42)23(3)28(39)15-18-40(37,8)41(29,9)20-33(36)50-26(6)44/h11,13-14,23,28-35,37,45H,10,12,15-21H2,1-9H3,(H,46,47)/b36-27+/t23-,28-,29-,30+,31+,32-,33-,34+,35?,37?,39-,40-,41-/m0/s1. The average molecular weight is 729 g/mol. The van der Waals surface area contributed by atoms with Crippen LogP contribution in [0.15, 0.2) is 34.9 Å². The van der Waals surface area contributed by atoms with Crippen LogP contribution < -0.4 is 0 Å². The van der Waals surface area contributed by atoms with Gasteiger partial charge in [0.1, 0.15) is 24.9 Å². The summed E-state index contributed by atoms with van der Waals surface area (Å²) in [5, 5.41) is 22.8. The fraction of sp³-hybridized carbons (Fsp3) is 0.756. The fourth-order valence-electron chi connectivity index (χ4n) is 11.5. The van der Waals surface area contributed by atoms with Crippen LogP contribution in [-0.4, -0.2) is 77.5 Å². The van der Waals surface area contributed by atoms with E-state index in [1.807, 2.05) is 19.9 Å².